The lowest BCUT2D eigenvalue weighted by Crippen LogP contribution is -2.59. The molecule has 7 nitrogen and oxygen atoms in total. The van der Waals surface area contributed by atoms with Gasteiger partial charge in [0, 0.05) is 25.7 Å². The first-order valence-electron chi connectivity index (χ1n) is 9.34. The van der Waals surface area contributed by atoms with Crippen LogP contribution in [-0.4, -0.2) is 58.8 Å². The van der Waals surface area contributed by atoms with Crippen LogP contribution in [0.4, 0.5) is 0 Å². The van der Waals surface area contributed by atoms with Crippen LogP contribution in [0.1, 0.15) is 5.56 Å². The molecule has 0 atom stereocenters. The lowest BCUT2D eigenvalue weighted by atomic mass is 10.1. The Labute approximate surface area is 165 Å². The van der Waals surface area contributed by atoms with Gasteiger partial charge in [0.25, 0.3) is 0 Å². The van der Waals surface area contributed by atoms with E-state index in [1.165, 1.54) is 0 Å². The van der Waals surface area contributed by atoms with E-state index in [4.69, 9.17) is 14.2 Å². The van der Waals surface area contributed by atoms with Crippen LogP contribution in [0.5, 0.6) is 17.2 Å². The zero-order valence-corrected chi connectivity index (χ0v) is 16.6. The quantitative estimate of drug-likeness (QED) is 0.759. The molecule has 0 aromatic heterocycles. The number of rotatable bonds is 7. The smallest absolute Gasteiger partial charge is 0.240 e. The van der Waals surface area contributed by atoms with Gasteiger partial charge in [-0.1, -0.05) is 18.2 Å². The van der Waals surface area contributed by atoms with Crippen molar-refractivity contribution in [2.75, 3.05) is 39.5 Å². The number of ether oxygens (including phenoxy) is 3. The van der Waals surface area contributed by atoms with Gasteiger partial charge in [-0.25, -0.2) is 13.1 Å². The van der Waals surface area contributed by atoms with Crippen molar-refractivity contribution in [3.63, 3.8) is 0 Å². The number of nitrogens with one attached hydrogen (secondary N) is 1. The first-order valence-corrected chi connectivity index (χ1v) is 10.8. The van der Waals surface area contributed by atoms with Crippen LogP contribution in [-0.2, 0) is 10.0 Å². The Morgan fingerprint density at radius 2 is 1.93 bits per heavy atom. The number of likely N-dealkylation sites (tertiary alicyclic amines) is 1. The summed E-state index contributed by atoms with van der Waals surface area (Å²) in [4.78, 5) is 2.46. The van der Waals surface area contributed by atoms with Gasteiger partial charge >= 0.3 is 0 Å². The van der Waals surface area contributed by atoms with Crippen LogP contribution >= 0.6 is 0 Å². The molecule has 1 N–H and O–H groups in total. The van der Waals surface area contributed by atoms with E-state index >= 15 is 0 Å². The second-order valence-electron chi connectivity index (χ2n) is 7.02. The highest BCUT2D eigenvalue weighted by Gasteiger charge is 2.30. The molecule has 2 aromatic carbocycles. The van der Waals surface area contributed by atoms with Crippen molar-refractivity contribution >= 4 is 10.0 Å². The molecule has 0 bridgehead atoms. The molecule has 0 saturated carbocycles. The van der Waals surface area contributed by atoms with Gasteiger partial charge in [-0.05, 0) is 36.8 Å². The predicted octanol–water partition coefficient (Wildman–Crippen LogP) is 1.81. The number of benzene rings is 2. The van der Waals surface area contributed by atoms with Gasteiger partial charge < -0.3 is 14.2 Å². The highest BCUT2D eigenvalue weighted by atomic mass is 32.2. The number of sulfonamides is 1. The number of para-hydroxylation sites is 1. The van der Waals surface area contributed by atoms with E-state index in [1.807, 2.05) is 31.2 Å². The molecule has 0 unspecified atom stereocenters. The minimum atomic E-state index is -3.48. The van der Waals surface area contributed by atoms with Crippen molar-refractivity contribution in [2.45, 2.75) is 17.9 Å². The van der Waals surface area contributed by atoms with Crippen LogP contribution in [0.3, 0.4) is 0 Å². The maximum atomic E-state index is 12.4. The summed E-state index contributed by atoms with van der Waals surface area (Å²) in [7, 11) is -3.48. The third-order valence-corrected chi connectivity index (χ3v) is 6.29. The minimum Gasteiger partial charge on any atom is -0.488 e. The van der Waals surface area contributed by atoms with Crippen LogP contribution in [0.15, 0.2) is 47.4 Å². The highest BCUT2D eigenvalue weighted by molar-refractivity contribution is 7.89. The summed E-state index contributed by atoms with van der Waals surface area (Å²) in [5, 5.41) is 0. The molecule has 2 aliphatic rings. The van der Waals surface area contributed by atoms with Crippen LogP contribution < -0.4 is 18.9 Å². The van der Waals surface area contributed by atoms with E-state index in [-0.39, 0.29) is 6.04 Å². The summed E-state index contributed by atoms with van der Waals surface area (Å²) in [5.41, 5.74) is 0.924. The Hall–Kier alpha value is -2.29. The van der Waals surface area contributed by atoms with Gasteiger partial charge in [0.05, 0.1) is 4.90 Å². The third-order valence-electron chi connectivity index (χ3n) is 4.77. The van der Waals surface area contributed by atoms with Crippen molar-refractivity contribution in [1.29, 1.82) is 0 Å². The molecule has 2 aromatic rings. The van der Waals surface area contributed by atoms with E-state index in [0.29, 0.717) is 61.6 Å². The van der Waals surface area contributed by atoms with Gasteiger partial charge in [-0.15, -0.1) is 0 Å². The molecule has 150 valence electrons. The maximum absolute atomic E-state index is 12.4. The molecule has 28 heavy (non-hydrogen) atoms. The van der Waals surface area contributed by atoms with Crippen LogP contribution in [0.25, 0.3) is 0 Å². The first-order chi connectivity index (χ1) is 13.5. The lowest BCUT2D eigenvalue weighted by molar-refractivity contribution is 0.112. The average molecular weight is 404 g/mol. The van der Waals surface area contributed by atoms with Crippen molar-refractivity contribution in [2.24, 2.45) is 0 Å². The molecule has 8 heteroatoms. The van der Waals surface area contributed by atoms with Gasteiger partial charge in [-0.2, -0.15) is 0 Å². The van der Waals surface area contributed by atoms with E-state index in [1.54, 1.807) is 18.2 Å². The molecule has 1 fully saturated rings. The molecule has 2 aliphatic heterocycles. The monoisotopic (exact) mass is 404 g/mol. The van der Waals surface area contributed by atoms with Gasteiger partial charge in [0.1, 0.15) is 19.8 Å². The molecular weight excluding hydrogens is 380 g/mol. The molecule has 1 saturated heterocycles. The van der Waals surface area contributed by atoms with Gasteiger partial charge in [-0.3, -0.25) is 4.90 Å². The Balaban J connectivity index is 1.23. The first kappa shape index (κ1) is 19.0. The summed E-state index contributed by atoms with van der Waals surface area (Å²) in [5.74, 6) is 2.04. The van der Waals surface area contributed by atoms with E-state index < -0.39 is 10.0 Å². The summed E-state index contributed by atoms with van der Waals surface area (Å²) < 4.78 is 44.7. The van der Waals surface area contributed by atoms with Crippen molar-refractivity contribution < 1.29 is 22.6 Å². The second-order valence-corrected chi connectivity index (χ2v) is 8.74. The fraction of sp³-hybridized carbons (Fsp3) is 0.400. The predicted molar refractivity (Wildman–Crippen MR) is 105 cm³/mol. The molecule has 0 aliphatic carbocycles. The molecule has 0 amide bonds. The molecular formula is C20H24N2O5S. The Kier molecular flexibility index (Phi) is 5.43. The normalized spacial score (nSPS) is 17.2. The van der Waals surface area contributed by atoms with Gasteiger partial charge in [0.15, 0.2) is 11.5 Å². The zero-order chi connectivity index (χ0) is 19.6. The number of hydrogen-bond donors (Lipinski definition) is 1. The van der Waals surface area contributed by atoms with E-state index in [2.05, 4.69) is 9.62 Å². The largest absolute Gasteiger partial charge is 0.488 e. The topological polar surface area (TPSA) is 77.1 Å². The number of hydrogen-bond acceptors (Lipinski definition) is 6. The Morgan fingerprint density at radius 3 is 2.75 bits per heavy atom. The minimum absolute atomic E-state index is 0.0771. The average Bonchev–Trinajstić information content (AvgIpc) is 2.66. The number of aryl methyl sites for hydroxylation is 1. The van der Waals surface area contributed by atoms with Crippen LogP contribution in [0.2, 0.25) is 0 Å². The molecule has 4 rings (SSSR count). The molecule has 2 heterocycles. The summed E-state index contributed by atoms with van der Waals surface area (Å²) >= 11 is 0. The van der Waals surface area contributed by atoms with Crippen LogP contribution in [0, 0.1) is 6.92 Å². The lowest BCUT2D eigenvalue weighted by Gasteiger charge is -2.39. The fourth-order valence-corrected chi connectivity index (χ4v) is 4.67. The molecule has 0 spiro atoms. The highest BCUT2D eigenvalue weighted by Crippen LogP contribution is 2.38. The summed E-state index contributed by atoms with van der Waals surface area (Å²) in [6.45, 7) is 5.49. The molecule has 0 radical (unpaired) electrons. The van der Waals surface area contributed by atoms with Crippen molar-refractivity contribution in [3.8, 4) is 17.2 Å². The van der Waals surface area contributed by atoms with Crippen molar-refractivity contribution in [3.05, 3.63) is 48.0 Å². The fourth-order valence-electron chi connectivity index (χ4n) is 3.34. The number of nitrogens with zero attached hydrogens (tertiary/aromatic N) is 1. The van der Waals surface area contributed by atoms with Gasteiger partial charge in [0.2, 0.25) is 15.8 Å². The standard InChI is InChI=1S/C20H24N2O5S/c1-15-4-2-5-17(12-15)28(23,24)21-16-13-22(14-16)8-9-25-18-6-3-7-19-20(18)27-11-10-26-19/h2-7,12,16,21H,8-11,13-14H2,1H3. The summed E-state index contributed by atoms with van der Waals surface area (Å²) in [6, 6.07) is 12.5. The Morgan fingerprint density at radius 1 is 1.14 bits per heavy atom. The number of fused-ring (bicyclic) bond motifs is 1. The SMILES string of the molecule is Cc1cccc(S(=O)(=O)NC2CN(CCOc3cccc4c3OCCO4)C2)c1. The maximum Gasteiger partial charge on any atom is 0.240 e. The van der Waals surface area contributed by atoms with E-state index in [9.17, 15) is 8.42 Å². The van der Waals surface area contributed by atoms with E-state index in [0.717, 1.165) is 5.56 Å². The zero-order valence-electron chi connectivity index (χ0n) is 15.8. The van der Waals surface area contributed by atoms with Crippen molar-refractivity contribution in [1.82, 2.24) is 9.62 Å². The summed E-state index contributed by atoms with van der Waals surface area (Å²) in [6.07, 6.45) is 0. The Bertz CT molecular complexity index is 941. The third kappa shape index (κ3) is 4.24. The second kappa shape index (κ2) is 7.98.